The van der Waals surface area contributed by atoms with E-state index in [-0.39, 0.29) is 5.91 Å². The summed E-state index contributed by atoms with van der Waals surface area (Å²) in [5.74, 6) is 0.120. The molecule has 14 heavy (non-hydrogen) atoms. The lowest BCUT2D eigenvalue weighted by molar-refractivity contribution is -0.120. The van der Waals surface area contributed by atoms with Gasteiger partial charge in [-0.15, -0.1) is 0 Å². The van der Waals surface area contributed by atoms with Crippen molar-refractivity contribution in [2.45, 2.75) is 39.5 Å². The molecule has 0 rings (SSSR count). The lowest BCUT2D eigenvalue weighted by Gasteiger charge is -1.98. The second-order valence-corrected chi connectivity index (χ2v) is 3.17. The molecule has 0 aliphatic carbocycles. The summed E-state index contributed by atoms with van der Waals surface area (Å²) >= 11 is 0. The van der Waals surface area contributed by atoms with Crippen LogP contribution in [0.5, 0.6) is 0 Å². The average molecular weight is 195 g/mol. The number of hydrogen-bond donors (Lipinski definition) is 1. The van der Waals surface area contributed by atoms with Gasteiger partial charge in [0.25, 0.3) is 0 Å². The highest BCUT2D eigenvalue weighted by molar-refractivity contribution is 5.77. The predicted molar refractivity (Wildman–Crippen MR) is 61.1 cm³/mol. The topological polar surface area (TPSA) is 29.1 Å². The van der Waals surface area contributed by atoms with Crippen LogP contribution in [-0.4, -0.2) is 12.5 Å². The van der Waals surface area contributed by atoms with E-state index < -0.39 is 0 Å². The number of allylic oxidation sites excluding steroid dienone is 3. The molecule has 0 aliphatic rings. The Morgan fingerprint density at radius 3 is 2.57 bits per heavy atom. The van der Waals surface area contributed by atoms with Gasteiger partial charge in [0.15, 0.2) is 0 Å². The van der Waals surface area contributed by atoms with Crippen LogP contribution in [-0.2, 0) is 4.79 Å². The molecule has 0 atom stereocenters. The molecular weight excluding hydrogens is 174 g/mol. The highest BCUT2D eigenvalue weighted by Crippen LogP contribution is 1.94. The molecule has 2 nitrogen and oxygen atoms in total. The van der Waals surface area contributed by atoms with Gasteiger partial charge in [-0.3, -0.25) is 4.79 Å². The van der Waals surface area contributed by atoms with Crippen LogP contribution < -0.4 is 5.32 Å². The minimum absolute atomic E-state index is 0.120. The van der Waals surface area contributed by atoms with E-state index in [0.29, 0.717) is 6.42 Å². The Morgan fingerprint density at radius 2 is 1.93 bits per heavy atom. The van der Waals surface area contributed by atoms with Crippen molar-refractivity contribution in [1.29, 1.82) is 0 Å². The van der Waals surface area contributed by atoms with E-state index in [2.05, 4.69) is 17.5 Å². The van der Waals surface area contributed by atoms with Crippen molar-refractivity contribution in [2.75, 3.05) is 6.54 Å². The third-order valence-corrected chi connectivity index (χ3v) is 1.78. The first kappa shape index (κ1) is 12.9. The van der Waals surface area contributed by atoms with Crippen molar-refractivity contribution in [3.8, 4) is 0 Å². The largest absolute Gasteiger partial charge is 0.356 e. The molecule has 0 unspecified atom stereocenters. The summed E-state index contributed by atoms with van der Waals surface area (Å²) < 4.78 is 0. The molecule has 0 bridgehead atoms. The molecule has 2 heteroatoms. The van der Waals surface area contributed by atoms with Gasteiger partial charge in [-0.05, 0) is 26.2 Å². The maximum Gasteiger partial charge on any atom is 0.223 e. The molecule has 0 heterocycles. The summed E-state index contributed by atoms with van der Waals surface area (Å²) in [6.07, 6.45) is 11.8. The number of nitrogens with one attached hydrogen (secondary N) is 1. The lowest BCUT2D eigenvalue weighted by atomic mass is 10.2. The van der Waals surface area contributed by atoms with Crippen LogP contribution in [0.4, 0.5) is 0 Å². The summed E-state index contributed by atoms with van der Waals surface area (Å²) in [4.78, 5) is 11.1. The van der Waals surface area contributed by atoms with Crippen LogP contribution in [0.1, 0.15) is 39.5 Å². The minimum Gasteiger partial charge on any atom is -0.356 e. The van der Waals surface area contributed by atoms with E-state index in [0.717, 1.165) is 25.8 Å². The fraction of sp³-hybridized carbons (Fsp3) is 0.583. The summed E-state index contributed by atoms with van der Waals surface area (Å²) in [7, 11) is 0. The fourth-order valence-electron chi connectivity index (χ4n) is 1.00. The highest BCUT2D eigenvalue weighted by atomic mass is 16.1. The van der Waals surface area contributed by atoms with E-state index in [1.165, 1.54) is 0 Å². The Bertz CT molecular complexity index is 194. The number of carbonyl (C=O) groups is 1. The van der Waals surface area contributed by atoms with Gasteiger partial charge >= 0.3 is 0 Å². The van der Waals surface area contributed by atoms with Gasteiger partial charge in [-0.25, -0.2) is 0 Å². The molecule has 0 aromatic heterocycles. The van der Waals surface area contributed by atoms with E-state index >= 15 is 0 Å². The van der Waals surface area contributed by atoms with Crippen LogP contribution in [0.3, 0.4) is 0 Å². The van der Waals surface area contributed by atoms with Gasteiger partial charge in [0.05, 0.1) is 0 Å². The number of carbonyl (C=O) groups excluding carboxylic acids is 1. The number of hydrogen-bond acceptors (Lipinski definition) is 1. The average Bonchev–Trinajstić information content (AvgIpc) is 2.20. The fourth-order valence-corrected chi connectivity index (χ4v) is 1.00. The van der Waals surface area contributed by atoms with E-state index in [4.69, 9.17) is 0 Å². The first-order valence-corrected chi connectivity index (χ1v) is 5.34. The Balaban J connectivity index is 3.36. The Hall–Kier alpha value is -1.05. The maximum atomic E-state index is 11.1. The van der Waals surface area contributed by atoms with Gasteiger partial charge < -0.3 is 5.32 Å². The smallest absolute Gasteiger partial charge is 0.223 e. The molecule has 0 radical (unpaired) electrons. The third-order valence-electron chi connectivity index (χ3n) is 1.78. The molecule has 0 fully saturated rings. The molecule has 80 valence electrons. The second kappa shape index (κ2) is 10.0. The second-order valence-electron chi connectivity index (χ2n) is 3.17. The van der Waals surface area contributed by atoms with Crippen molar-refractivity contribution in [2.24, 2.45) is 0 Å². The Labute approximate surface area is 87.1 Å². The lowest BCUT2D eigenvalue weighted by Crippen LogP contribution is -2.22. The monoisotopic (exact) mass is 195 g/mol. The molecule has 0 aromatic rings. The normalized spacial score (nSPS) is 11.3. The van der Waals surface area contributed by atoms with Crippen LogP contribution in [0, 0.1) is 0 Å². The zero-order valence-electron chi connectivity index (χ0n) is 9.25. The van der Waals surface area contributed by atoms with E-state index in [9.17, 15) is 4.79 Å². The number of amides is 1. The molecule has 0 saturated heterocycles. The number of unbranched alkanes of at least 4 members (excludes halogenated alkanes) is 1. The van der Waals surface area contributed by atoms with Crippen molar-refractivity contribution in [1.82, 2.24) is 5.32 Å². The Morgan fingerprint density at radius 1 is 1.21 bits per heavy atom. The van der Waals surface area contributed by atoms with Gasteiger partial charge in [-0.1, -0.05) is 31.2 Å². The quantitative estimate of drug-likeness (QED) is 0.491. The highest BCUT2D eigenvalue weighted by Gasteiger charge is 1.93. The van der Waals surface area contributed by atoms with Crippen LogP contribution >= 0.6 is 0 Å². The van der Waals surface area contributed by atoms with Crippen molar-refractivity contribution in [3.05, 3.63) is 24.3 Å². The first-order valence-electron chi connectivity index (χ1n) is 5.34. The summed E-state index contributed by atoms with van der Waals surface area (Å²) in [5.41, 5.74) is 0. The van der Waals surface area contributed by atoms with Crippen LogP contribution in [0.2, 0.25) is 0 Å². The van der Waals surface area contributed by atoms with Crippen LogP contribution in [0.15, 0.2) is 24.3 Å². The maximum absolute atomic E-state index is 11.1. The molecule has 0 aliphatic heterocycles. The summed E-state index contributed by atoms with van der Waals surface area (Å²) in [6.45, 7) is 4.85. The van der Waals surface area contributed by atoms with Crippen molar-refractivity contribution < 1.29 is 4.79 Å². The van der Waals surface area contributed by atoms with Gasteiger partial charge in [0.2, 0.25) is 5.91 Å². The van der Waals surface area contributed by atoms with Crippen molar-refractivity contribution >= 4 is 5.91 Å². The number of rotatable bonds is 7. The predicted octanol–water partition coefficient (Wildman–Crippen LogP) is 2.82. The molecule has 0 aromatic carbocycles. The van der Waals surface area contributed by atoms with Gasteiger partial charge in [0.1, 0.15) is 0 Å². The SMILES string of the molecule is C/C=C/CC/C=C/CC(=O)NCCC. The molecule has 0 saturated carbocycles. The van der Waals surface area contributed by atoms with Crippen LogP contribution in [0.25, 0.3) is 0 Å². The zero-order chi connectivity index (χ0) is 10.6. The Kier molecular flexibility index (Phi) is 9.28. The summed E-state index contributed by atoms with van der Waals surface area (Å²) in [6, 6.07) is 0. The molecule has 1 N–H and O–H groups in total. The molecule has 0 spiro atoms. The minimum atomic E-state index is 0.120. The van der Waals surface area contributed by atoms with Gasteiger partial charge in [0, 0.05) is 13.0 Å². The first-order chi connectivity index (χ1) is 6.81. The van der Waals surface area contributed by atoms with E-state index in [1.807, 2.05) is 26.0 Å². The van der Waals surface area contributed by atoms with Gasteiger partial charge in [-0.2, -0.15) is 0 Å². The van der Waals surface area contributed by atoms with Crippen molar-refractivity contribution in [3.63, 3.8) is 0 Å². The summed E-state index contributed by atoms with van der Waals surface area (Å²) in [5, 5.41) is 2.83. The molecular formula is C12H21NO. The standard InChI is InChI=1S/C12H21NO/c1-3-5-6-7-8-9-10-12(14)13-11-4-2/h3,5,8-9H,4,6-7,10-11H2,1-2H3,(H,13,14)/b5-3+,9-8+. The zero-order valence-corrected chi connectivity index (χ0v) is 9.25. The molecule has 1 amide bonds. The third kappa shape index (κ3) is 9.04. The van der Waals surface area contributed by atoms with E-state index in [1.54, 1.807) is 0 Å².